The van der Waals surface area contributed by atoms with Crippen LogP contribution in [0.1, 0.15) is 25.6 Å². The van der Waals surface area contributed by atoms with E-state index in [9.17, 15) is 17.6 Å². The van der Waals surface area contributed by atoms with Crippen LogP contribution in [0.3, 0.4) is 0 Å². The highest BCUT2D eigenvalue weighted by Gasteiger charge is 2.36. The van der Waals surface area contributed by atoms with Crippen LogP contribution in [0, 0.1) is 5.82 Å². The van der Waals surface area contributed by atoms with Crippen molar-refractivity contribution >= 4 is 15.9 Å². The van der Waals surface area contributed by atoms with E-state index < -0.39 is 17.7 Å². The lowest BCUT2D eigenvalue weighted by atomic mass is 10.1. The Morgan fingerprint density at radius 2 is 1.91 bits per heavy atom. The van der Waals surface area contributed by atoms with Gasteiger partial charge < -0.3 is 9.30 Å². The minimum Gasteiger partial charge on any atom is -0.496 e. The van der Waals surface area contributed by atoms with E-state index in [2.05, 4.69) is 20.9 Å². The first-order valence-electron chi connectivity index (χ1n) is 6.34. The van der Waals surface area contributed by atoms with E-state index in [4.69, 9.17) is 4.74 Å². The van der Waals surface area contributed by atoms with Crippen molar-refractivity contribution in [2.75, 3.05) is 7.11 Å². The summed E-state index contributed by atoms with van der Waals surface area (Å²) in [6, 6.07) is 2.31. The number of nitrogens with zero attached hydrogens (tertiary/aromatic N) is 2. The number of halogens is 5. The SMILES string of the molecule is COc1cc(Br)cc(F)c1-c1nc(C(F)(F)F)cn1C(C)C. The smallest absolute Gasteiger partial charge is 0.434 e. The molecule has 0 unspecified atom stereocenters. The Morgan fingerprint density at radius 1 is 1.27 bits per heavy atom. The van der Waals surface area contributed by atoms with Crippen molar-refractivity contribution in [3.8, 4) is 17.1 Å². The Kier molecular flexibility index (Phi) is 4.51. The Morgan fingerprint density at radius 3 is 2.41 bits per heavy atom. The Hall–Kier alpha value is -1.57. The lowest BCUT2D eigenvalue weighted by Gasteiger charge is -2.14. The molecule has 8 heteroatoms. The van der Waals surface area contributed by atoms with Gasteiger partial charge in [0, 0.05) is 16.7 Å². The molecule has 0 aliphatic carbocycles. The number of hydrogen-bond donors (Lipinski definition) is 0. The van der Waals surface area contributed by atoms with E-state index in [1.54, 1.807) is 13.8 Å². The number of aromatic nitrogens is 2. The summed E-state index contributed by atoms with van der Waals surface area (Å²) < 4.78 is 59.8. The normalized spacial score (nSPS) is 12.0. The molecule has 0 saturated heterocycles. The number of rotatable bonds is 3. The number of benzene rings is 1. The van der Waals surface area contributed by atoms with E-state index in [0.717, 1.165) is 12.3 Å². The Bertz CT molecular complexity index is 695. The maximum Gasteiger partial charge on any atom is 0.434 e. The highest BCUT2D eigenvalue weighted by Crippen LogP contribution is 2.38. The van der Waals surface area contributed by atoms with Gasteiger partial charge in [0.05, 0.1) is 12.7 Å². The standard InChI is InChI=1S/C14H13BrF4N2O/c1-7(2)21-6-11(14(17,18)19)20-13(21)12-9(16)4-8(15)5-10(12)22-3/h4-7H,1-3H3. The monoisotopic (exact) mass is 380 g/mol. The summed E-state index contributed by atoms with van der Waals surface area (Å²) in [5.41, 5.74) is -1.17. The first-order chi connectivity index (χ1) is 10.1. The third-order valence-electron chi connectivity index (χ3n) is 3.04. The molecule has 0 amide bonds. The molecule has 0 aliphatic heterocycles. The highest BCUT2D eigenvalue weighted by atomic mass is 79.9. The van der Waals surface area contributed by atoms with Crippen LogP contribution in [0.5, 0.6) is 5.75 Å². The van der Waals surface area contributed by atoms with Crippen molar-refractivity contribution in [2.45, 2.75) is 26.1 Å². The molecule has 0 saturated carbocycles. The van der Waals surface area contributed by atoms with Crippen molar-refractivity contribution < 1.29 is 22.3 Å². The molecule has 120 valence electrons. The summed E-state index contributed by atoms with van der Waals surface area (Å²) in [7, 11) is 1.32. The number of ether oxygens (including phenoxy) is 1. The zero-order chi connectivity index (χ0) is 16.7. The van der Waals surface area contributed by atoms with Gasteiger partial charge in [0.25, 0.3) is 0 Å². The molecule has 1 aromatic heterocycles. The molecule has 0 bridgehead atoms. The summed E-state index contributed by atoms with van der Waals surface area (Å²) in [6.45, 7) is 3.38. The van der Waals surface area contributed by atoms with Crippen LogP contribution in [0.4, 0.5) is 17.6 Å². The lowest BCUT2D eigenvalue weighted by molar-refractivity contribution is -0.140. The molecule has 3 nitrogen and oxygen atoms in total. The van der Waals surface area contributed by atoms with Crippen molar-refractivity contribution in [1.29, 1.82) is 0 Å². The highest BCUT2D eigenvalue weighted by molar-refractivity contribution is 9.10. The van der Waals surface area contributed by atoms with Crippen LogP contribution < -0.4 is 4.74 Å². The second-order valence-corrected chi connectivity index (χ2v) is 5.83. The van der Waals surface area contributed by atoms with Gasteiger partial charge in [-0.3, -0.25) is 0 Å². The first kappa shape index (κ1) is 16.8. The number of hydrogen-bond acceptors (Lipinski definition) is 2. The van der Waals surface area contributed by atoms with Crippen molar-refractivity contribution in [1.82, 2.24) is 9.55 Å². The predicted octanol–water partition coefficient (Wildman–Crippen LogP) is 5.06. The second-order valence-electron chi connectivity index (χ2n) is 4.91. The van der Waals surface area contributed by atoms with Crippen LogP contribution in [0.15, 0.2) is 22.8 Å². The van der Waals surface area contributed by atoms with Crippen LogP contribution in [-0.4, -0.2) is 16.7 Å². The first-order valence-corrected chi connectivity index (χ1v) is 7.14. The van der Waals surface area contributed by atoms with Gasteiger partial charge in [0.15, 0.2) is 5.69 Å². The quantitative estimate of drug-likeness (QED) is 0.695. The van der Waals surface area contributed by atoms with E-state index in [0.29, 0.717) is 4.47 Å². The van der Waals surface area contributed by atoms with Gasteiger partial charge in [-0.15, -0.1) is 0 Å². The molecule has 0 fully saturated rings. The summed E-state index contributed by atoms with van der Waals surface area (Å²) in [5.74, 6) is -0.732. The predicted molar refractivity (Wildman–Crippen MR) is 77.3 cm³/mol. The zero-order valence-electron chi connectivity index (χ0n) is 12.0. The van der Waals surface area contributed by atoms with Crippen LogP contribution in [0.25, 0.3) is 11.4 Å². The minimum atomic E-state index is -4.60. The third-order valence-corrected chi connectivity index (χ3v) is 3.50. The van der Waals surface area contributed by atoms with E-state index >= 15 is 0 Å². The molecule has 0 spiro atoms. The zero-order valence-corrected chi connectivity index (χ0v) is 13.6. The number of methoxy groups -OCH3 is 1. The van der Waals surface area contributed by atoms with Crippen molar-refractivity contribution in [3.63, 3.8) is 0 Å². The molecule has 0 radical (unpaired) electrons. The van der Waals surface area contributed by atoms with Crippen LogP contribution in [-0.2, 0) is 6.18 Å². The van der Waals surface area contributed by atoms with Crippen LogP contribution in [0.2, 0.25) is 0 Å². The van der Waals surface area contributed by atoms with Crippen LogP contribution >= 0.6 is 15.9 Å². The maximum absolute atomic E-state index is 14.3. The topological polar surface area (TPSA) is 27.1 Å². The Labute approximate surface area is 133 Å². The molecule has 1 aromatic carbocycles. The summed E-state index contributed by atoms with van der Waals surface area (Å²) >= 11 is 3.12. The van der Waals surface area contributed by atoms with E-state index in [1.165, 1.54) is 17.7 Å². The van der Waals surface area contributed by atoms with E-state index in [1.807, 2.05) is 0 Å². The molecule has 2 rings (SSSR count). The largest absolute Gasteiger partial charge is 0.496 e. The minimum absolute atomic E-state index is 0.102. The van der Waals surface area contributed by atoms with Gasteiger partial charge in [-0.05, 0) is 26.0 Å². The molecular formula is C14H13BrF4N2O. The van der Waals surface area contributed by atoms with E-state index in [-0.39, 0.29) is 23.2 Å². The molecular weight excluding hydrogens is 368 g/mol. The number of imidazole rings is 1. The molecule has 0 aliphatic rings. The summed E-state index contributed by atoms with van der Waals surface area (Å²) in [6.07, 6.45) is -3.73. The van der Waals surface area contributed by atoms with Gasteiger partial charge in [0.1, 0.15) is 17.4 Å². The van der Waals surface area contributed by atoms with Gasteiger partial charge in [-0.2, -0.15) is 13.2 Å². The summed E-state index contributed by atoms with van der Waals surface area (Å²) in [5, 5.41) is 0. The molecule has 2 aromatic rings. The van der Waals surface area contributed by atoms with Gasteiger partial charge >= 0.3 is 6.18 Å². The molecule has 0 atom stereocenters. The second kappa shape index (κ2) is 5.91. The maximum atomic E-state index is 14.3. The van der Waals surface area contributed by atoms with Gasteiger partial charge in [0.2, 0.25) is 0 Å². The number of alkyl halides is 3. The summed E-state index contributed by atoms with van der Waals surface area (Å²) in [4.78, 5) is 3.57. The Balaban J connectivity index is 2.74. The molecule has 22 heavy (non-hydrogen) atoms. The fourth-order valence-corrected chi connectivity index (χ4v) is 2.45. The lowest BCUT2D eigenvalue weighted by Crippen LogP contribution is -2.05. The van der Waals surface area contributed by atoms with Crippen molar-refractivity contribution in [3.05, 3.63) is 34.3 Å². The average molecular weight is 381 g/mol. The third kappa shape index (κ3) is 3.11. The molecule has 1 heterocycles. The van der Waals surface area contributed by atoms with Gasteiger partial charge in [-0.25, -0.2) is 9.37 Å². The fraction of sp³-hybridized carbons (Fsp3) is 0.357. The van der Waals surface area contributed by atoms with Gasteiger partial charge in [-0.1, -0.05) is 15.9 Å². The molecule has 0 N–H and O–H groups in total. The average Bonchev–Trinajstić information content (AvgIpc) is 2.82. The van der Waals surface area contributed by atoms with Crippen molar-refractivity contribution in [2.24, 2.45) is 0 Å². The fourth-order valence-electron chi connectivity index (χ4n) is 2.04.